The molecule has 4 nitrogen and oxygen atoms in total. The van der Waals surface area contributed by atoms with Gasteiger partial charge in [-0.25, -0.2) is 9.18 Å². The van der Waals surface area contributed by atoms with E-state index in [1.165, 1.54) is 24.3 Å². The quantitative estimate of drug-likeness (QED) is 0.751. The number of rotatable bonds is 3. The molecule has 0 bridgehead atoms. The van der Waals surface area contributed by atoms with Gasteiger partial charge in [-0.15, -0.1) is 0 Å². The minimum absolute atomic E-state index is 0.339. The maximum atomic E-state index is 12.7. The van der Waals surface area contributed by atoms with Crippen molar-refractivity contribution < 1.29 is 9.18 Å². The lowest BCUT2D eigenvalue weighted by Gasteiger charge is -2.10. The molecule has 0 unspecified atom stereocenters. The van der Waals surface area contributed by atoms with Crippen LogP contribution >= 0.6 is 11.6 Å². The molecule has 0 saturated carbocycles. The van der Waals surface area contributed by atoms with E-state index in [2.05, 4.69) is 16.2 Å². The molecule has 0 radical (unpaired) electrons. The van der Waals surface area contributed by atoms with Crippen LogP contribution in [0.4, 0.5) is 20.6 Å². The third-order valence-corrected chi connectivity index (χ3v) is 3.00. The fourth-order valence-corrected chi connectivity index (χ4v) is 1.68. The van der Waals surface area contributed by atoms with E-state index < -0.39 is 6.03 Å². The van der Waals surface area contributed by atoms with Gasteiger partial charge in [0.15, 0.2) is 0 Å². The van der Waals surface area contributed by atoms with Crippen molar-refractivity contribution in [3.8, 4) is 0 Å². The highest BCUT2D eigenvalue weighted by Crippen LogP contribution is 2.19. The predicted molar refractivity (Wildman–Crippen MR) is 78.4 cm³/mol. The van der Waals surface area contributed by atoms with Gasteiger partial charge < -0.3 is 5.32 Å². The number of carbonyl (C=O) groups is 1. The van der Waals surface area contributed by atoms with Gasteiger partial charge in [0, 0.05) is 10.7 Å². The van der Waals surface area contributed by atoms with E-state index in [9.17, 15) is 9.18 Å². The highest BCUT2D eigenvalue weighted by Gasteiger charge is 2.03. The third kappa shape index (κ3) is 3.86. The summed E-state index contributed by atoms with van der Waals surface area (Å²) >= 11 is 5.96. The Hall–Kier alpha value is -2.27. The second-order valence-electron chi connectivity index (χ2n) is 4.17. The molecule has 0 saturated heterocycles. The van der Waals surface area contributed by atoms with E-state index in [0.29, 0.717) is 16.4 Å². The fraction of sp³-hybridized carbons (Fsp3) is 0.0714. The standard InChI is InChI=1S/C14H13ClFN3O/c1-9-2-5-12(8-13(9)15)17-14(20)19-18-11-6-3-10(16)4-7-11/h2-8,18H,1H3,(H2,17,19,20). The monoisotopic (exact) mass is 293 g/mol. The Morgan fingerprint density at radius 1 is 1.10 bits per heavy atom. The van der Waals surface area contributed by atoms with Gasteiger partial charge >= 0.3 is 6.03 Å². The van der Waals surface area contributed by atoms with E-state index in [0.717, 1.165) is 5.56 Å². The predicted octanol–water partition coefficient (Wildman–Crippen LogP) is 3.94. The summed E-state index contributed by atoms with van der Waals surface area (Å²) in [7, 11) is 0. The van der Waals surface area contributed by atoms with E-state index in [1.807, 2.05) is 13.0 Å². The Balaban J connectivity index is 1.89. The van der Waals surface area contributed by atoms with Crippen LogP contribution in [0.1, 0.15) is 5.56 Å². The summed E-state index contributed by atoms with van der Waals surface area (Å²) in [5, 5.41) is 3.20. The summed E-state index contributed by atoms with van der Waals surface area (Å²) in [6, 6.07) is 10.4. The molecule has 3 N–H and O–H groups in total. The summed E-state index contributed by atoms with van der Waals surface area (Å²) < 4.78 is 12.7. The number of hydrogen-bond donors (Lipinski definition) is 3. The molecule has 2 amide bonds. The lowest BCUT2D eigenvalue weighted by molar-refractivity contribution is 0.254. The summed E-state index contributed by atoms with van der Waals surface area (Å²) in [6.45, 7) is 1.88. The molecule has 20 heavy (non-hydrogen) atoms. The molecule has 0 aliphatic rings. The molecule has 2 aromatic carbocycles. The number of benzene rings is 2. The SMILES string of the molecule is Cc1ccc(NC(=O)NNc2ccc(F)cc2)cc1Cl. The van der Waals surface area contributed by atoms with Crippen LogP contribution < -0.4 is 16.2 Å². The molecular formula is C14H13ClFN3O. The first-order chi connectivity index (χ1) is 9.54. The van der Waals surface area contributed by atoms with Crippen molar-refractivity contribution in [3.63, 3.8) is 0 Å². The zero-order chi connectivity index (χ0) is 14.5. The van der Waals surface area contributed by atoms with Crippen LogP contribution in [0, 0.1) is 12.7 Å². The number of hydrogen-bond acceptors (Lipinski definition) is 2. The van der Waals surface area contributed by atoms with Crippen LogP contribution in [-0.4, -0.2) is 6.03 Å². The largest absolute Gasteiger partial charge is 0.337 e. The minimum Gasteiger partial charge on any atom is -0.307 e. The lowest BCUT2D eigenvalue weighted by atomic mass is 10.2. The van der Waals surface area contributed by atoms with Crippen molar-refractivity contribution in [2.45, 2.75) is 6.92 Å². The van der Waals surface area contributed by atoms with Crippen LogP contribution in [0.15, 0.2) is 42.5 Å². The van der Waals surface area contributed by atoms with Crippen molar-refractivity contribution in [3.05, 3.63) is 58.9 Å². The summed E-state index contributed by atoms with van der Waals surface area (Å²) in [6.07, 6.45) is 0. The topological polar surface area (TPSA) is 53.2 Å². The van der Waals surface area contributed by atoms with Gasteiger partial charge in [-0.05, 0) is 48.9 Å². The second-order valence-corrected chi connectivity index (χ2v) is 4.58. The molecule has 0 spiro atoms. The molecule has 104 valence electrons. The first-order valence-electron chi connectivity index (χ1n) is 5.89. The van der Waals surface area contributed by atoms with Crippen molar-refractivity contribution in [2.75, 3.05) is 10.7 Å². The first kappa shape index (κ1) is 14.1. The number of carbonyl (C=O) groups excluding carboxylic acids is 1. The molecule has 2 aromatic rings. The van der Waals surface area contributed by atoms with Gasteiger partial charge in [0.1, 0.15) is 5.82 Å². The molecule has 0 fully saturated rings. The van der Waals surface area contributed by atoms with Gasteiger partial charge in [0.25, 0.3) is 0 Å². The summed E-state index contributed by atoms with van der Waals surface area (Å²) in [5.74, 6) is -0.339. The Bertz CT molecular complexity index is 616. The van der Waals surface area contributed by atoms with Gasteiger partial charge in [-0.2, -0.15) is 0 Å². The van der Waals surface area contributed by atoms with Crippen molar-refractivity contribution in [1.82, 2.24) is 5.43 Å². The molecule has 0 atom stereocenters. The number of anilines is 2. The highest BCUT2D eigenvalue weighted by molar-refractivity contribution is 6.31. The lowest BCUT2D eigenvalue weighted by Crippen LogP contribution is -2.33. The molecule has 0 heterocycles. The number of hydrazine groups is 1. The van der Waals surface area contributed by atoms with Gasteiger partial charge in [-0.3, -0.25) is 10.9 Å². The normalized spacial score (nSPS) is 9.95. The maximum absolute atomic E-state index is 12.7. The molecule has 0 aromatic heterocycles. The second kappa shape index (κ2) is 6.25. The Labute approximate surface area is 120 Å². The smallest absolute Gasteiger partial charge is 0.307 e. The van der Waals surface area contributed by atoms with Crippen LogP contribution in [0.3, 0.4) is 0 Å². The number of urea groups is 1. The Kier molecular flexibility index (Phi) is 4.42. The Morgan fingerprint density at radius 2 is 1.75 bits per heavy atom. The minimum atomic E-state index is -0.450. The van der Waals surface area contributed by atoms with Crippen LogP contribution in [0.25, 0.3) is 0 Å². The zero-order valence-corrected chi connectivity index (χ0v) is 11.5. The van der Waals surface area contributed by atoms with E-state index in [-0.39, 0.29) is 5.82 Å². The third-order valence-electron chi connectivity index (χ3n) is 2.59. The molecule has 0 aliphatic carbocycles. The van der Waals surface area contributed by atoms with Crippen LogP contribution in [0.5, 0.6) is 0 Å². The number of nitrogens with one attached hydrogen (secondary N) is 3. The van der Waals surface area contributed by atoms with Gasteiger partial charge in [0.05, 0.1) is 5.69 Å². The summed E-state index contributed by atoms with van der Waals surface area (Å²) in [5.41, 5.74) is 7.18. The molecular weight excluding hydrogens is 281 g/mol. The first-order valence-corrected chi connectivity index (χ1v) is 6.27. The number of halogens is 2. The van der Waals surface area contributed by atoms with Gasteiger partial charge in [0.2, 0.25) is 0 Å². The van der Waals surface area contributed by atoms with Crippen molar-refractivity contribution >= 4 is 29.0 Å². The van der Waals surface area contributed by atoms with E-state index in [4.69, 9.17) is 11.6 Å². The molecule has 6 heteroatoms. The molecule has 2 rings (SSSR count). The average molecular weight is 294 g/mol. The molecule has 0 aliphatic heterocycles. The average Bonchev–Trinajstić information content (AvgIpc) is 2.42. The fourth-order valence-electron chi connectivity index (χ4n) is 1.50. The highest BCUT2D eigenvalue weighted by atomic mass is 35.5. The summed E-state index contributed by atoms with van der Waals surface area (Å²) in [4.78, 5) is 11.6. The van der Waals surface area contributed by atoms with Crippen molar-refractivity contribution in [1.29, 1.82) is 0 Å². The number of amides is 2. The zero-order valence-electron chi connectivity index (χ0n) is 10.7. The van der Waals surface area contributed by atoms with Crippen LogP contribution in [0.2, 0.25) is 5.02 Å². The van der Waals surface area contributed by atoms with E-state index in [1.54, 1.807) is 12.1 Å². The maximum Gasteiger partial charge on any atom is 0.337 e. The van der Waals surface area contributed by atoms with Crippen molar-refractivity contribution in [2.24, 2.45) is 0 Å². The Morgan fingerprint density at radius 3 is 2.40 bits per heavy atom. The van der Waals surface area contributed by atoms with Crippen LogP contribution in [-0.2, 0) is 0 Å². The number of aryl methyl sites for hydroxylation is 1. The van der Waals surface area contributed by atoms with E-state index >= 15 is 0 Å². The van der Waals surface area contributed by atoms with Gasteiger partial charge in [-0.1, -0.05) is 17.7 Å².